The number of hydrogen-bond donors (Lipinski definition) is 1. The molecule has 2 aromatic carbocycles. The molecule has 26 heavy (non-hydrogen) atoms. The summed E-state index contributed by atoms with van der Waals surface area (Å²) in [5.41, 5.74) is 1.00. The van der Waals surface area contributed by atoms with Crippen LogP contribution in [0, 0.1) is 10.1 Å². The van der Waals surface area contributed by atoms with E-state index in [4.69, 9.17) is 9.88 Å². The van der Waals surface area contributed by atoms with Crippen LogP contribution in [0.1, 0.15) is 11.7 Å². The van der Waals surface area contributed by atoms with Crippen molar-refractivity contribution < 1.29 is 18.1 Å². The number of sulfonamides is 1. The average Bonchev–Trinajstić information content (AvgIpc) is 2.61. The number of benzene rings is 2. The molecule has 0 spiro atoms. The second kappa shape index (κ2) is 7.31. The third-order valence-electron chi connectivity index (χ3n) is 4.12. The van der Waals surface area contributed by atoms with Crippen LogP contribution in [-0.2, 0) is 14.8 Å². The van der Waals surface area contributed by atoms with E-state index >= 15 is 0 Å². The highest BCUT2D eigenvalue weighted by Gasteiger charge is 2.28. The first kappa shape index (κ1) is 18.8. The van der Waals surface area contributed by atoms with Gasteiger partial charge in [-0.25, -0.2) is 13.6 Å². The van der Waals surface area contributed by atoms with Gasteiger partial charge in [0.25, 0.3) is 5.69 Å². The number of nitro benzene ring substituents is 1. The first-order chi connectivity index (χ1) is 12.3. The maximum Gasteiger partial charge on any atom is 0.293 e. The van der Waals surface area contributed by atoms with Gasteiger partial charge in [-0.2, -0.15) is 0 Å². The van der Waals surface area contributed by atoms with Crippen molar-refractivity contribution in [1.82, 2.24) is 0 Å². The standard InChI is InChI=1S/C16H16BrN3O5S/c17-12-3-1-11(2-4-12)16-10-19(7-8-25-16)14-6-5-13(26(18,23)24)9-15(14)20(21)22/h1-6,9,16H,7-8,10H2,(H2,18,23,24). The van der Waals surface area contributed by atoms with Crippen molar-refractivity contribution in [2.75, 3.05) is 24.6 Å². The van der Waals surface area contributed by atoms with Crippen LogP contribution in [0.4, 0.5) is 11.4 Å². The van der Waals surface area contributed by atoms with Crippen molar-refractivity contribution in [3.8, 4) is 0 Å². The van der Waals surface area contributed by atoms with E-state index in [1.165, 1.54) is 12.1 Å². The monoisotopic (exact) mass is 441 g/mol. The second-order valence-electron chi connectivity index (χ2n) is 5.81. The molecule has 3 rings (SSSR count). The Kier molecular flexibility index (Phi) is 5.28. The molecule has 0 bridgehead atoms. The molecule has 0 amide bonds. The Bertz CT molecular complexity index is 933. The van der Waals surface area contributed by atoms with Crippen LogP contribution in [0.15, 0.2) is 51.8 Å². The lowest BCUT2D eigenvalue weighted by Crippen LogP contribution is -2.38. The fourth-order valence-corrected chi connectivity index (χ4v) is 3.64. The van der Waals surface area contributed by atoms with Gasteiger partial charge >= 0.3 is 0 Å². The Labute approximate surface area is 158 Å². The molecule has 2 N–H and O–H groups in total. The molecule has 1 unspecified atom stereocenters. The van der Waals surface area contributed by atoms with E-state index in [-0.39, 0.29) is 16.7 Å². The third kappa shape index (κ3) is 4.04. The molecule has 8 nitrogen and oxygen atoms in total. The number of ether oxygens (including phenoxy) is 1. The van der Waals surface area contributed by atoms with Crippen molar-refractivity contribution in [1.29, 1.82) is 0 Å². The first-order valence-electron chi connectivity index (χ1n) is 7.69. The maximum atomic E-state index is 11.5. The minimum absolute atomic E-state index is 0.241. The molecule has 0 saturated carbocycles. The fraction of sp³-hybridized carbons (Fsp3) is 0.250. The number of nitrogens with two attached hydrogens (primary N) is 1. The first-order valence-corrected chi connectivity index (χ1v) is 10.0. The number of nitro groups is 1. The quantitative estimate of drug-likeness (QED) is 0.575. The molecular formula is C16H16BrN3O5S. The second-order valence-corrected chi connectivity index (χ2v) is 8.29. The van der Waals surface area contributed by atoms with E-state index in [2.05, 4.69) is 15.9 Å². The van der Waals surface area contributed by atoms with E-state index in [1.807, 2.05) is 29.2 Å². The van der Waals surface area contributed by atoms with Gasteiger partial charge in [-0.05, 0) is 29.8 Å². The molecule has 1 aliphatic heterocycles. The summed E-state index contributed by atoms with van der Waals surface area (Å²) < 4.78 is 29.7. The molecule has 10 heteroatoms. The fourth-order valence-electron chi connectivity index (χ4n) is 2.84. The molecule has 1 atom stereocenters. The minimum Gasteiger partial charge on any atom is -0.370 e. The highest BCUT2D eigenvalue weighted by molar-refractivity contribution is 9.10. The van der Waals surface area contributed by atoms with E-state index in [0.29, 0.717) is 25.4 Å². The Morgan fingerprint density at radius 3 is 2.54 bits per heavy atom. The van der Waals surface area contributed by atoms with Gasteiger partial charge in [0.05, 0.1) is 16.4 Å². The molecule has 2 aromatic rings. The Morgan fingerprint density at radius 1 is 1.23 bits per heavy atom. The maximum absolute atomic E-state index is 11.5. The smallest absolute Gasteiger partial charge is 0.293 e. The van der Waals surface area contributed by atoms with Crippen molar-refractivity contribution in [3.63, 3.8) is 0 Å². The van der Waals surface area contributed by atoms with Gasteiger partial charge < -0.3 is 9.64 Å². The molecular weight excluding hydrogens is 426 g/mol. The van der Waals surface area contributed by atoms with Crippen LogP contribution in [0.3, 0.4) is 0 Å². The molecule has 1 aliphatic rings. The minimum atomic E-state index is -4.02. The summed E-state index contributed by atoms with van der Waals surface area (Å²) in [5, 5.41) is 16.5. The van der Waals surface area contributed by atoms with Crippen molar-refractivity contribution in [2.24, 2.45) is 5.14 Å². The molecule has 1 heterocycles. The van der Waals surface area contributed by atoms with Gasteiger partial charge in [-0.15, -0.1) is 0 Å². The number of hydrogen-bond acceptors (Lipinski definition) is 6. The molecule has 1 fully saturated rings. The summed E-state index contributed by atoms with van der Waals surface area (Å²) in [4.78, 5) is 12.4. The molecule has 1 saturated heterocycles. The third-order valence-corrected chi connectivity index (χ3v) is 5.56. The largest absolute Gasteiger partial charge is 0.370 e. The summed E-state index contributed by atoms with van der Waals surface area (Å²) in [6, 6.07) is 11.4. The summed E-state index contributed by atoms with van der Waals surface area (Å²) in [6.07, 6.45) is -0.241. The highest BCUT2D eigenvalue weighted by Crippen LogP contribution is 2.34. The van der Waals surface area contributed by atoms with Crippen molar-refractivity contribution in [3.05, 3.63) is 62.6 Å². The zero-order valence-electron chi connectivity index (χ0n) is 13.5. The summed E-state index contributed by atoms with van der Waals surface area (Å²) >= 11 is 3.38. The number of anilines is 1. The number of morpholine rings is 1. The number of rotatable bonds is 4. The average molecular weight is 442 g/mol. The van der Waals surface area contributed by atoms with Crippen LogP contribution in [0.5, 0.6) is 0 Å². The normalized spacial score (nSPS) is 17.9. The van der Waals surface area contributed by atoms with Crippen LogP contribution in [0.2, 0.25) is 0 Å². The lowest BCUT2D eigenvalue weighted by molar-refractivity contribution is -0.384. The molecule has 0 radical (unpaired) electrons. The topological polar surface area (TPSA) is 116 Å². The van der Waals surface area contributed by atoms with Gasteiger partial charge in [0.1, 0.15) is 11.8 Å². The lowest BCUT2D eigenvalue weighted by atomic mass is 10.1. The van der Waals surface area contributed by atoms with Crippen molar-refractivity contribution >= 4 is 37.3 Å². The van der Waals surface area contributed by atoms with Gasteiger partial charge in [0, 0.05) is 23.6 Å². The molecule has 0 aromatic heterocycles. The van der Waals surface area contributed by atoms with Gasteiger partial charge in [-0.3, -0.25) is 10.1 Å². The number of nitrogens with zero attached hydrogens (tertiary/aromatic N) is 2. The van der Waals surface area contributed by atoms with Gasteiger partial charge in [-0.1, -0.05) is 28.1 Å². The van der Waals surface area contributed by atoms with Crippen molar-refractivity contribution in [2.45, 2.75) is 11.0 Å². The zero-order chi connectivity index (χ0) is 18.9. The summed E-state index contributed by atoms with van der Waals surface area (Å²) in [6.45, 7) is 1.27. The van der Waals surface area contributed by atoms with Crippen LogP contribution < -0.4 is 10.0 Å². The number of halogens is 1. The molecule has 138 valence electrons. The van der Waals surface area contributed by atoms with Crippen LogP contribution in [0.25, 0.3) is 0 Å². The zero-order valence-corrected chi connectivity index (χ0v) is 15.9. The van der Waals surface area contributed by atoms with Gasteiger partial charge in [0.15, 0.2) is 0 Å². The summed E-state index contributed by atoms with van der Waals surface area (Å²) in [7, 11) is -4.02. The van der Waals surface area contributed by atoms with E-state index < -0.39 is 14.9 Å². The lowest BCUT2D eigenvalue weighted by Gasteiger charge is -2.34. The summed E-state index contributed by atoms with van der Waals surface area (Å²) in [5.74, 6) is 0. The van der Waals surface area contributed by atoms with Crippen LogP contribution in [-0.4, -0.2) is 33.0 Å². The van der Waals surface area contributed by atoms with Gasteiger partial charge in [0.2, 0.25) is 10.0 Å². The van der Waals surface area contributed by atoms with E-state index in [9.17, 15) is 18.5 Å². The van der Waals surface area contributed by atoms with Crippen LogP contribution >= 0.6 is 15.9 Å². The predicted octanol–water partition coefficient (Wildman–Crippen LogP) is 2.58. The Morgan fingerprint density at radius 2 is 1.92 bits per heavy atom. The highest BCUT2D eigenvalue weighted by atomic mass is 79.9. The predicted molar refractivity (Wildman–Crippen MR) is 99.5 cm³/mol. The van der Waals surface area contributed by atoms with E-state index in [1.54, 1.807) is 0 Å². The SMILES string of the molecule is NS(=O)(=O)c1ccc(N2CCOC(c3ccc(Br)cc3)C2)c([N+](=O)[O-])c1. The number of primary sulfonamides is 1. The Hall–Kier alpha value is -2.01. The molecule has 0 aliphatic carbocycles. The van der Waals surface area contributed by atoms with E-state index in [0.717, 1.165) is 16.1 Å². The Balaban J connectivity index is 1.92.